The van der Waals surface area contributed by atoms with Crippen LogP contribution in [0, 0.1) is 0 Å². The summed E-state index contributed by atoms with van der Waals surface area (Å²) in [5.41, 5.74) is 6.82. The molecular weight excluding hydrogens is 516 g/mol. The Bertz CT molecular complexity index is 1700. The van der Waals surface area contributed by atoms with Crippen molar-refractivity contribution in [3.63, 3.8) is 0 Å². The van der Waals surface area contributed by atoms with Crippen molar-refractivity contribution >= 4 is 0 Å². The molecule has 208 valence electrons. The third-order valence-corrected chi connectivity index (χ3v) is 9.23. The lowest BCUT2D eigenvalue weighted by Crippen LogP contribution is -2.34. The Morgan fingerprint density at radius 3 is 2.15 bits per heavy atom. The lowest BCUT2D eigenvalue weighted by molar-refractivity contribution is 0.218. The SMILES string of the molecule is CN1CCc2cc3c4cc2C1Cc1ccc(O)c(c1)Oc1ccc(cc1)CC1c2c(cc(O)c(c2O4)O3)CCN1C. The van der Waals surface area contributed by atoms with Crippen LogP contribution in [0.15, 0.2) is 60.7 Å². The smallest absolute Gasteiger partial charge is 0.212 e. The first-order valence-corrected chi connectivity index (χ1v) is 14.3. The molecule has 0 radical (unpaired) electrons. The van der Waals surface area contributed by atoms with Crippen LogP contribution in [0.1, 0.15) is 45.5 Å². The van der Waals surface area contributed by atoms with E-state index in [1.807, 2.05) is 30.3 Å². The van der Waals surface area contributed by atoms with Gasteiger partial charge in [-0.3, -0.25) is 9.80 Å². The molecule has 0 saturated heterocycles. The second-order valence-electron chi connectivity index (χ2n) is 11.8. The van der Waals surface area contributed by atoms with E-state index in [9.17, 15) is 10.2 Å². The van der Waals surface area contributed by atoms with Gasteiger partial charge < -0.3 is 24.4 Å². The number of likely N-dealkylation sites (N-methyl/N-ethyl adjacent to an activating group) is 2. The van der Waals surface area contributed by atoms with Gasteiger partial charge in [0.2, 0.25) is 5.75 Å². The summed E-state index contributed by atoms with van der Waals surface area (Å²) in [5.74, 6) is 3.71. The normalized spacial score (nSPS) is 20.9. The topological polar surface area (TPSA) is 74.6 Å². The predicted molar refractivity (Wildman–Crippen MR) is 155 cm³/mol. The zero-order valence-electron chi connectivity index (χ0n) is 23.2. The maximum absolute atomic E-state index is 11.1. The molecule has 4 aromatic rings. The average Bonchev–Trinajstić information content (AvgIpc) is 2.97. The van der Waals surface area contributed by atoms with Gasteiger partial charge in [0.05, 0.1) is 0 Å². The molecule has 9 rings (SSSR count). The first-order chi connectivity index (χ1) is 19.9. The number of fused-ring (bicyclic) bond motifs is 2. The van der Waals surface area contributed by atoms with Crippen LogP contribution < -0.4 is 14.2 Å². The molecule has 7 bridgehead atoms. The lowest BCUT2D eigenvalue weighted by Gasteiger charge is -2.38. The van der Waals surface area contributed by atoms with Gasteiger partial charge in [0, 0.05) is 30.7 Å². The van der Waals surface area contributed by atoms with Gasteiger partial charge in [-0.05, 0) is 110 Å². The van der Waals surface area contributed by atoms with Gasteiger partial charge in [-0.2, -0.15) is 0 Å². The highest BCUT2D eigenvalue weighted by Crippen LogP contribution is 2.56. The molecule has 2 N–H and O–H groups in total. The van der Waals surface area contributed by atoms with E-state index in [0.29, 0.717) is 34.5 Å². The van der Waals surface area contributed by atoms with Crippen LogP contribution in [0.2, 0.25) is 0 Å². The summed E-state index contributed by atoms with van der Waals surface area (Å²) < 4.78 is 19.4. The highest BCUT2D eigenvalue weighted by atomic mass is 16.6. The number of phenols is 2. The molecule has 0 fully saturated rings. The van der Waals surface area contributed by atoms with Crippen LogP contribution >= 0.6 is 0 Å². The summed E-state index contributed by atoms with van der Waals surface area (Å²) in [7, 11) is 4.29. The third kappa shape index (κ3) is 4.03. The molecule has 5 aliphatic rings. The first-order valence-electron chi connectivity index (χ1n) is 14.3. The zero-order chi connectivity index (χ0) is 27.8. The highest BCUT2D eigenvalue weighted by molar-refractivity contribution is 5.67. The van der Waals surface area contributed by atoms with Crippen LogP contribution in [0.5, 0.6) is 46.0 Å². The molecule has 0 aliphatic carbocycles. The van der Waals surface area contributed by atoms with E-state index < -0.39 is 0 Å². The molecule has 7 nitrogen and oxygen atoms in total. The van der Waals surface area contributed by atoms with E-state index in [0.717, 1.165) is 61.0 Å². The third-order valence-electron chi connectivity index (χ3n) is 9.23. The first kappa shape index (κ1) is 24.6. The zero-order valence-corrected chi connectivity index (χ0v) is 23.2. The van der Waals surface area contributed by atoms with Crippen molar-refractivity contribution in [3.05, 3.63) is 94.0 Å². The lowest BCUT2D eigenvalue weighted by atomic mass is 9.86. The van der Waals surface area contributed by atoms with Crippen LogP contribution in [-0.2, 0) is 25.7 Å². The van der Waals surface area contributed by atoms with E-state index in [4.69, 9.17) is 14.2 Å². The molecule has 0 saturated carbocycles. The van der Waals surface area contributed by atoms with Crippen molar-refractivity contribution in [1.82, 2.24) is 9.80 Å². The van der Waals surface area contributed by atoms with Crippen molar-refractivity contribution in [2.75, 3.05) is 27.2 Å². The minimum atomic E-state index is 0.0427. The number of hydrogen-bond donors (Lipinski definition) is 2. The summed E-state index contributed by atoms with van der Waals surface area (Å²) in [5, 5.41) is 21.7. The van der Waals surface area contributed by atoms with Crippen molar-refractivity contribution in [3.8, 4) is 46.0 Å². The van der Waals surface area contributed by atoms with Crippen molar-refractivity contribution in [2.45, 2.75) is 37.8 Å². The summed E-state index contributed by atoms with van der Waals surface area (Å²) in [6.07, 6.45) is 3.23. The maximum atomic E-state index is 11.1. The van der Waals surface area contributed by atoms with Gasteiger partial charge in [0.15, 0.2) is 34.5 Å². The molecular formula is C34H32N2O5. The number of hydrogen-bond acceptors (Lipinski definition) is 7. The number of nitrogens with zero attached hydrogens (tertiary/aromatic N) is 2. The van der Waals surface area contributed by atoms with E-state index >= 15 is 0 Å². The summed E-state index contributed by atoms with van der Waals surface area (Å²) >= 11 is 0. The number of phenolic OH excluding ortho intramolecular Hbond substituents is 2. The fraction of sp³-hybridized carbons (Fsp3) is 0.294. The van der Waals surface area contributed by atoms with Gasteiger partial charge in [-0.25, -0.2) is 0 Å². The molecule has 2 atom stereocenters. The van der Waals surface area contributed by atoms with Gasteiger partial charge >= 0.3 is 0 Å². The Balaban J connectivity index is 1.33. The molecule has 5 heterocycles. The monoisotopic (exact) mass is 548 g/mol. The second kappa shape index (κ2) is 9.16. The quantitative estimate of drug-likeness (QED) is 0.225. The van der Waals surface area contributed by atoms with Gasteiger partial charge in [-0.1, -0.05) is 18.2 Å². The minimum absolute atomic E-state index is 0.0427. The van der Waals surface area contributed by atoms with Crippen molar-refractivity contribution < 1.29 is 24.4 Å². The van der Waals surface area contributed by atoms with E-state index in [1.165, 1.54) is 11.1 Å². The van der Waals surface area contributed by atoms with Crippen LogP contribution in [0.3, 0.4) is 0 Å². The highest BCUT2D eigenvalue weighted by Gasteiger charge is 2.36. The molecule has 0 amide bonds. The number of ether oxygens (including phenoxy) is 3. The van der Waals surface area contributed by atoms with E-state index in [-0.39, 0.29) is 23.6 Å². The molecule has 41 heavy (non-hydrogen) atoms. The Kier molecular flexibility index (Phi) is 5.49. The number of aromatic hydroxyl groups is 2. The van der Waals surface area contributed by atoms with E-state index in [1.54, 1.807) is 6.07 Å². The summed E-state index contributed by atoms with van der Waals surface area (Å²) in [6, 6.07) is 19.9. The number of benzene rings is 4. The largest absolute Gasteiger partial charge is 0.504 e. The summed E-state index contributed by atoms with van der Waals surface area (Å²) in [4.78, 5) is 4.72. The van der Waals surface area contributed by atoms with Gasteiger partial charge in [0.1, 0.15) is 5.75 Å². The molecule has 5 aliphatic heterocycles. The van der Waals surface area contributed by atoms with Crippen LogP contribution in [0.25, 0.3) is 0 Å². The molecule has 0 aromatic heterocycles. The summed E-state index contributed by atoms with van der Waals surface area (Å²) in [6.45, 7) is 1.79. The van der Waals surface area contributed by atoms with Crippen LogP contribution in [0.4, 0.5) is 0 Å². The van der Waals surface area contributed by atoms with Gasteiger partial charge in [0.25, 0.3) is 0 Å². The van der Waals surface area contributed by atoms with Crippen LogP contribution in [-0.4, -0.2) is 47.2 Å². The molecule has 7 heteroatoms. The van der Waals surface area contributed by atoms with Crippen molar-refractivity contribution in [2.24, 2.45) is 0 Å². The average molecular weight is 549 g/mol. The Morgan fingerprint density at radius 1 is 0.634 bits per heavy atom. The minimum Gasteiger partial charge on any atom is -0.504 e. The molecule has 4 aromatic carbocycles. The fourth-order valence-electron chi connectivity index (χ4n) is 6.91. The number of rotatable bonds is 0. The molecule has 0 spiro atoms. The second-order valence-corrected chi connectivity index (χ2v) is 11.8. The Labute approximate surface area is 239 Å². The van der Waals surface area contributed by atoms with E-state index in [2.05, 4.69) is 48.2 Å². The van der Waals surface area contributed by atoms with Gasteiger partial charge in [-0.15, -0.1) is 0 Å². The molecule has 2 unspecified atom stereocenters. The Morgan fingerprint density at radius 2 is 1.32 bits per heavy atom. The fourth-order valence-corrected chi connectivity index (χ4v) is 6.91. The standard InChI is InChI=1S/C34H32N2O5/c1-35-11-9-21-17-30-31-18-24(21)25(35)14-20-5-8-27(37)29(15-20)39-23-6-3-19(4-7-23)13-26-32-22(10-12-36(26)2)16-28(38)33(40-30)34(32)41-31/h3-8,15-18,25-26,37-38H,9-14H2,1-2H3. The Hall–Kier alpha value is -4.20. The maximum Gasteiger partial charge on any atom is 0.212 e. The predicted octanol–water partition coefficient (Wildman–Crippen LogP) is 6.64. The van der Waals surface area contributed by atoms with Crippen molar-refractivity contribution in [1.29, 1.82) is 0 Å².